The summed E-state index contributed by atoms with van der Waals surface area (Å²) in [5.74, 6) is 0.762. The molecule has 1 aliphatic heterocycles. The molecule has 1 amide bonds. The van der Waals surface area contributed by atoms with E-state index in [-0.39, 0.29) is 18.1 Å². The number of rotatable bonds is 5. The second kappa shape index (κ2) is 7.44. The van der Waals surface area contributed by atoms with Gasteiger partial charge < -0.3 is 14.5 Å². The van der Waals surface area contributed by atoms with Crippen molar-refractivity contribution in [2.45, 2.75) is 25.6 Å². The van der Waals surface area contributed by atoms with Gasteiger partial charge in [-0.15, -0.1) is 0 Å². The van der Waals surface area contributed by atoms with Crippen LogP contribution in [0.15, 0.2) is 53.1 Å². The van der Waals surface area contributed by atoms with Gasteiger partial charge >= 0.3 is 0 Å². The highest BCUT2D eigenvalue weighted by atomic mass is 16.5. The van der Waals surface area contributed by atoms with Crippen molar-refractivity contribution in [1.29, 1.82) is 0 Å². The molecule has 0 radical (unpaired) electrons. The van der Waals surface area contributed by atoms with Gasteiger partial charge in [0, 0.05) is 12.6 Å². The van der Waals surface area contributed by atoms with Crippen LogP contribution in [-0.2, 0) is 16.1 Å². The maximum atomic E-state index is 12.2. The molecule has 0 spiro atoms. The summed E-state index contributed by atoms with van der Waals surface area (Å²) in [5.41, 5.74) is 1.15. The molecule has 0 bridgehead atoms. The SMILES string of the molecule is CC1COC(c2ccccc2)CN1CC(=O)NCc1ccco1. The number of hydrogen-bond acceptors (Lipinski definition) is 4. The first kappa shape index (κ1) is 15.8. The molecule has 1 aromatic heterocycles. The van der Waals surface area contributed by atoms with Crippen LogP contribution < -0.4 is 5.32 Å². The number of ether oxygens (including phenoxy) is 1. The van der Waals surface area contributed by atoms with E-state index in [2.05, 4.69) is 29.3 Å². The molecule has 2 unspecified atom stereocenters. The first-order valence-electron chi connectivity index (χ1n) is 7.92. The quantitative estimate of drug-likeness (QED) is 0.920. The molecule has 5 nitrogen and oxygen atoms in total. The first-order valence-corrected chi connectivity index (χ1v) is 7.92. The van der Waals surface area contributed by atoms with Gasteiger partial charge in [0.05, 0.1) is 32.1 Å². The molecular weight excluding hydrogens is 292 g/mol. The highest BCUT2D eigenvalue weighted by Crippen LogP contribution is 2.24. The first-order chi connectivity index (χ1) is 11.2. The van der Waals surface area contributed by atoms with E-state index in [9.17, 15) is 4.79 Å². The normalized spacial score (nSPS) is 22.0. The van der Waals surface area contributed by atoms with Crippen molar-refractivity contribution in [3.8, 4) is 0 Å². The molecule has 1 N–H and O–H groups in total. The average Bonchev–Trinajstić information content (AvgIpc) is 3.09. The largest absolute Gasteiger partial charge is 0.467 e. The molecule has 122 valence electrons. The molecule has 2 heterocycles. The van der Waals surface area contributed by atoms with Crippen LogP contribution in [0.4, 0.5) is 0 Å². The maximum absolute atomic E-state index is 12.2. The fourth-order valence-corrected chi connectivity index (χ4v) is 2.74. The lowest BCUT2D eigenvalue weighted by molar-refractivity contribution is -0.126. The summed E-state index contributed by atoms with van der Waals surface area (Å²) in [5, 5.41) is 2.89. The topological polar surface area (TPSA) is 54.7 Å². The number of carbonyl (C=O) groups is 1. The Hall–Kier alpha value is -2.11. The Morgan fingerprint density at radius 3 is 2.83 bits per heavy atom. The molecule has 1 aliphatic rings. The van der Waals surface area contributed by atoms with Crippen molar-refractivity contribution in [3.63, 3.8) is 0 Å². The van der Waals surface area contributed by atoms with Gasteiger partial charge in [-0.2, -0.15) is 0 Å². The van der Waals surface area contributed by atoms with E-state index >= 15 is 0 Å². The minimum Gasteiger partial charge on any atom is -0.467 e. The lowest BCUT2D eigenvalue weighted by Gasteiger charge is -2.37. The maximum Gasteiger partial charge on any atom is 0.234 e. The predicted octanol–water partition coefficient (Wildman–Crippen LogP) is 2.36. The zero-order valence-electron chi connectivity index (χ0n) is 13.3. The van der Waals surface area contributed by atoms with E-state index in [1.807, 2.05) is 30.3 Å². The van der Waals surface area contributed by atoms with Crippen molar-refractivity contribution in [2.24, 2.45) is 0 Å². The van der Waals surface area contributed by atoms with Crippen molar-refractivity contribution in [2.75, 3.05) is 19.7 Å². The minimum atomic E-state index is 0.00182. The van der Waals surface area contributed by atoms with Crippen LogP contribution >= 0.6 is 0 Å². The van der Waals surface area contributed by atoms with E-state index in [0.717, 1.165) is 17.9 Å². The van der Waals surface area contributed by atoms with Crippen LogP contribution in [0.2, 0.25) is 0 Å². The lowest BCUT2D eigenvalue weighted by atomic mass is 10.1. The monoisotopic (exact) mass is 314 g/mol. The highest BCUT2D eigenvalue weighted by Gasteiger charge is 2.28. The third kappa shape index (κ3) is 4.21. The zero-order chi connectivity index (χ0) is 16.1. The van der Waals surface area contributed by atoms with E-state index in [4.69, 9.17) is 9.15 Å². The Labute approximate surface area is 136 Å². The molecule has 5 heteroatoms. The van der Waals surface area contributed by atoms with Crippen LogP contribution in [0, 0.1) is 0 Å². The van der Waals surface area contributed by atoms with Gasteiger partial charge in [0.1, 0.15) is 5.76 Å². The number of carbonyl (C=O) groups excluding carboxylic acids is 1. The molecule has 23 heavy (non-hydrogen) atoms. The molecule has 1 fully saturated rings. The van der Waals surface area contributed by atoms with Crippen molar-refractivity contribution in [1.82, 2.24) is 10.2 Å². The molecule has 1 aromatic carbocycles. The van der Waals surface area contributed by atoms with Gasteiger partial charge in [-0.1, -0.05) is 30.3 Å². The van der Waals surface area contributed by atoms with Gasteiger partial charge in [-0.05, 0) is 24.6 Å². The fourth-order valence-electron chi connectivity index (χ4n) is 2.74. The molecular formula is C18H22N2O3. The van der Waals surface area contributed by atoms with Crippen molar-refractivity contribution < 1.29 is 13.9 Å². The summed E-state index contributed by atoms with van der Waals surface area (Å²) < 4.78 is 11.1. The number of morpholine rings is 1. The predicted molar refractivity (Wildman–Crippen MR) is 86.7 cm³/mol. The number of nitrogens with zero attached hydrogens (tertiary/aromatic N) is 1. The van der Waals surface area contributed by atoms with E-state index in [1.54, 1.807) is 6.26 Å². The number of amides is 1. The molecule has 0 aliphatic carbocycles. The molecule has 0 saturated carbocycles. The fraction of sp³-hybridized carbons (Fsp3) is 0.389. The van der Waals surface area contributed by atoms with Crippen molar-refractivity contribution in [3.05, 3.63) is 60.1 Å². The Kier molecular flexibility index (Phi) is 5.10. The second-order valence-corrected chi connectivity index (χ2v) is 5.87. The Morgan fingerprint density at radius 1 is 1.26 bits per heavy atom. The Balaban J connectivity index is 1.54. The lowest BCUT2D eigenvalue weighted by Crippen LogP contribution is -2.49. The number of hydrogen-bond donors (Lipinski definition) is 1. The number of benzene rings is 1. The third-order valence-corrected chi connectivity index (χ3v) is 4.12. The summed E-state index contributed by atoms with van der Waals surface area (Å²) in [7, 11) is 0. The summed E-state index contributed by atoms with van der Waals surface area (Å²) >= 11 is 0. The van der Waals surface area contributed by atoms with E-state index in [1.165, 1.54) is 0 Å². The van der Waals surface area contributed by atoms with Gasteiger partial charge in [-0.25, -0.2) is 0 Å². The van der Waals surface area contributed by atoms with Gasteiger partial charge in [0.25, 0.3) is 0 Å². The third-order valence-electron chi connectivity index (χ3n) is 4.12. The zero-order valence-corrected chi connectivity index (χ0v) is 13.3. The van der Waals surface area contributed by atoms with Gasteiger partial charge in [-0.3, -0.25) is 9.69 Å². The van der Waals surface area contributed by atoms with Crippen LogP contribution in [-0.4, -0.2) is 36.5 Å². The van der Waals surface area contributed by atoms with Gasteiger partial charge in [0.15, 0.2) is 0 Å². The standard InChI is InChI=1S/C18H22N2O3/c1-14-13-23-17(15-6-3-2-4-7-15)11-20(14)12-18(21)19-10-16-8-5-9-22-16/h2-9,14,17H,10-13H2,1H3,(H,19,21). The molecule has 2 atom stereocenters. The Bertz CT molecular complexity index is 612. The van der Waals surface area contributed by atoms with E-state index in [0.29, 0.717) is 19.7 Å². The number of nitrogens with one attached hydrogen (secondary N) is 1. The van der Waals surface area contributed by atoms with Crippen LogP contribution in [0.5, 0.6) is 0 Å². The summed E-state index contributed by atoms with van der Waals surface area (Å²) in [4.78, 5) is 14.3. The summed E-state index contributed by atoms with van der Waals surface area (Å²) in [6.45, 7) is 4.23. The molecule has 1 saturated heterocycles. The molecule has 2 aromatic rings. The average molecular weight is 314 g/mol. The molecule has 3 rings (SSSR count). The van der Waals surface area contributed by atoms with Crippen LogP contribution in [0.1, 0.15) is 24.4 Å². The Morgan fingerprint density at radius 2 is 2.09 bits per heavy atom. The second-order valence-electron chi connectivity index (χ2n) is 5.87. The summed E-state index contributed by atoms with van der Waals surface area (Å²) in [6.07, 6.45) is 1.63. The van der Waals surface area contributed by atoms with E-state index < -0.39 is 0 Å². The highest BCUT2D eigenvalue weighted by molar-refractivity contribution is 5.78. The minimum absolute atomic E-state index is 0.00182. The van der Waals surface area contributed by atoms with Crippen LogP contribution in [0.25, 0.3) is 0 Å². The summed E-state index contributed by atoms with van der Waals surface area (Å²) in [6, 6.07) is 14.0. The van der Waals surface area contributed by atoms with Gasteiger partial charge in [0.2, 0.25) is 5.91 Å². The smallest absolute Gasteiger partial charge is 0.234 e. The number of furan rings is 1. The van der Waals surface area contributed by atoms with Crippen LogP contribution in [0.3, 0.4) is 0 Å². The van der Waals surface area contributed by atoms with Crippen molar-refractivity contribution >= 4 is 5.91 Å².